The molecule has 2 aromatic rings. The second kappa shape index (κ2) is 7.98. The number of fused-ring (bicyclic) bond motifs is 1. The Balaban J connectivity index is 0.00000161. The van der Waals surface area contributed by atoms with E-state index in [4.69, 9.17) is 0 Å². The summed E-state index contributed by atoms with van der Waals surface area (Å²) in [5, 5.41) is 8.88. The molecule has 0 bridgehead atoms. The highest BCUT2D eigenvalue weighted by molar-refractivity contribution is 14.0. The van der Waals surface area contributed by atoms with Crippen molar-refractivity contribution in [2.24, 2.45) is 4.99 Å². The maximum Gasteiger partial charge on any atom is 0.193 e. The van der Waals surface area contributed by atoms with E-state index in [-0.39, 0.29) is 24.0 Å². The van der Waals surface area contributed by atoms with Crippen molar-refractivity contribution in [1.29, 1.82) is 0 Å². The Morgan fingerprint density at radius 1 is 1.48 bits per heavy atom. The topological polar surface area (TPSA) is 53.7 Å². The van der Waals surface area contributed by atoms with Gasteiger partial charge in [0.1, 0.15) is 0 Å². The number of guanidine groups is 1. The SMILES string of the molecule is CCNC(=NCc1cn2ccsc2n1)NC1CCCC1.I. The van der Waals surface area contributed by atoms with E-state index in [1.807, 2.05) is 16.0 Å². The number of rotatable bonds is 4. The van der Waals surface area contributed by atoms with Crippen LogP contribution in [0.1, 0.15) is 38.3 Å². The fourth-order valence-corrected chi connectivity index (χ4v) is 3.31. The minimum atomic E-state index is 0. The van der Waals surface area contributed by atoms with Crippen molar-refractivity contribution in [3.63, 3.8) is 0 Å². The molecule has 0 aliphatic heterocycles. The third-order valence-corrected chi connectivity index (χ3v) is 4.35. The molecule has 0 atom stereocenters. The Morgan fingerprint density at radius 2 is 2.29 bits per heavy atom. The lowest BCUT2D eigenvalue weighted by Gasteiger charge is -2.16. The van der Waals surface area contributed by atoms with Crippen LogP contribution in [0.25, 0.3) is 4.96 Å². The van der Waals surface area contributed by atoms with Crippen LogP contribution in [-0.4, -0.2) is 27.9 Å². The average molecular weight is 419 g/mol. The highest BCUT2D eigenvalue weighted by atomic mass is 127. The van der Waals surface area contributed by atoms with Gasteiger partial charge in [-0.25, -0.2) is 9.98 Å². The summed E-state index contributed by atoms with van der Waals surface area (Å²) in [6.45, 7) is 3.60. The predicted octanol–water partition coefficient (Wildman–Crippen LogP) is 3.01. The fraction of sp³-hybridized carbons (Fsp3) is 0.571. The molecule has 0 aromatic carbocycles. The maximum atomic E-state index is 4.65. The van der Waals surface area contributed by atoms with E-state index >= 15 is 0 Å². The first-order valence-electron chi connectivity index (χ1n) is 7.31. The van der Waals surface area contributed by atoms with E-state index in [1.54, 1.807) is 11.3 Å². The highest BCUT2D eigenvalue weighted by Crippen LogP contribution is 2.17. The summed E-state index contributed by atoms with van der Waals surface area (Å²) >= 11 is 1.65. The number of hydrogen-bond acceptors (Lipinski definition) is 3. The predicted molar refractivity (Wildman–Crippen MR) is 98.7 cm³/mol. The lowest BCUT2D eigenvalue weighted by molar-refractivity contribution is 0.613. The minimum Gasteiger partial charge on any atom is -0.357 e. The minimum absolute atomic E-state index is 0. The molecule has 116 valence electrons. The van der Waals surface area contributed by atoms with E-state index in [0.717, 1.165) is 23.2 Å². The zero-order valence-electron chi connectivity index (χ0n) is 12.2. The molecule has 5 nitrogen and oxygen atoms in total. The molecule has 3 rings (SSSR count). The molecule has 0 amide bonds. The number of thiazole rings is 1. The van der Waals surface area contributed by atoms with Gasteiger partial charge in [0.05, 0.1) is 12.2 Å². The molecule has 2 heterocycles. The maximum absolute atomic E-state index is 4.65. The van der Waals surface area contributed by atoms with E-state index in [9.17, 15) is 0 Å². The van der Waals surface area contributed by atoms with Gasteiger partial charge in [-0.3, -0.25) is 4.40 Å². The lowest BCUT2D eigenvalue weighted by atomic mass is 10.2. The van der Waals surface area contributed by atoms with Gasteiger partial charge in [-0.1, -0.05) is 12.8 Å². The smallest absolute Gasteiger partial charge is 0.193 e. The number of hydrogen-bond donors (Lipinski definition) is 2. The molecular formula is C14H22IN5S. The van der Waals surface area contributed by atoms with Gasteiger partial charge in [0.25, 0.3) is 0 Å². The Bertz CT molecular complexity index is 556. The van der Waals surface area contributed by atoms with Crippen molar-refractivity contribution in [2.45, 2.75) is 45.2 Å². The summed E-state index contributed by atoms with van der Waals surface area (Å²) in [4.78, 5) is 10.2. The van der Waals surface area contributed by atoms with Crippen molar-refractivity contribution < 1.29 is 0 Å². The standard InChI is InChI=1S/C14H21N5S.HI/c1-2-15-13(17-11-5-3-4-6-11)16-9-12-10-19-7-8-20-14(19)18-12;/h7-8,10-11H,2-6,9H2,1H3,(H2,15,16,17);1H. The number of imidazole rings is 1. The van der Waals surface area contributed by atoms with Crippen LogP contribution in [-0.2, 0) is 6.54 Å². The van der Waals surface area contributed by atoms with Gasteiger partial charge in [-0.2, -0.15) is 0 Å². The molecule has 0 saturated heterocycles. The zero-order valence-corrected chi connectivity index (χ0v) is 15.4. The largest absolute Gasteiger partial charge is 0.357 e. The second-order valence-electron chi connectivity index (χ2n) is 5.15. The van der Waals surface area contributed by atoms with Crippen LogP contribution in [0.2, 0.25) is 0 Å². The van der Waals surface area contributed by atoms with Gasteiger partial charge in [0.15, 0.2) is 10.9 Å². The van der Waals surface area contributed by atoms with Crippen LogP contribution >= 0.6 is 35.3 Å². The first kappa shape index (κ1) is 16.5. The Kier molecular flexibility index (Phi) is 6.28. The van der Waals surface area contributed by atoms with E-state index in [2.05, 4.69) is 33.7 Å². The van der Waals surface area contributed by atoms with Gasteiger partial charge < -0.3 is 10.6 Å². The molecule has 1 saturated carbocycles. The Morgan fingerprint density at radius 3 is 3.00 bits per heavy atom. The second-order valence-corrected chi connectivity index (χ2v) is 6.02. The molecule has 0 unspecified atom stereocenters. The monoisotopic (exact) mass is 419 g/mol. The van der Waals surface area contributed by atoms with Crippen molar-refractivity contribution >= 4 is 46.2 Å². The van der Waals surface area contributed by atoms with Gasteiger partial charge in [-0.05, 0) is 19.8 Å². The van der Waals surface area contributed by atoms with Crippen molar-refractivity contribution in [3.05, 3.63) is 23.5 Å². The average Bonchev–Trinajstić information content (AvgIpc) is 3.12. The molecule has 7 heteroatoms. The number of aliphatic imine (C=N–C) groups is 1. The fourth-order valence-electron chi connectivity index (χ4n) is 2.60. The molecule has 1 fully saturated rings. The molecule has 0 spiro atoms. The lowest BCUT2D eigenvalue weighted by Crippen LogP contribution is -2.42. The van der Waals surface area contributed by atoms with Crippen LogP contribution in [0.15, 0.2) is 22.8 Å². The summed E-state index contributed by atoms with van der Waals surface area (Å²) in [6.07, 6.45) is 9.24. The Labute approximate surface area is 146 Å². The zero-order chi connectivity index (χ0) is 13.8. The van der Waals surface area contributed by atoms with Gasteiger partial charge in [0.2, 0.25) is 0 Å². The third-order valence-electron chi connectivity index (χ3n) is 3.58. The number of nitrogens with one attached hydrogen (secondary N) is 2. The molecule has 0 radical (unpaired) electrons. The number of aromatic nitrogens is 2. The third kappa shape index (κ3) is 4.32. The van der Waals surface area contributed by atoms with Gasteiger partial charge in [-0.15, -0.1) is 35.3 Å². The quantitative estimate of drug-likeness (QED) is 0.455. The van der Waals surface area contributed by atoms with Gasteiger partial charge >= 0.3 is 0 Å². The summed E-state index contributed by atoms with van der Waals surface area (Å²) in [6, 6.07) is 0.582. The van der Waals surface area contributed by atoms with E-state index < -0.39 is 0 Å². The summed E-state index contributed by atoms with van der Waals surface area (Å²) in [7, 11) is 0. The van der Waals surface area contributed by atoms with Crippen LogP contribution in [0, 0.1) is 0 Å². The first-order chi connectivity index (χ1) is 9.85. The summed E-state index contributed by atoms with van der Waals surface area (Å²) in [5.41, 5.74) is 1.01. The Hall–Kier alpha value is -0.830. The first-order valence-corrected chi connectivity index (χ1v) is 8.19. The van der Waals surface area contributed by atoms with Crippen molar-refractivity contribution in [1.82, 2.24) is 20.0 Å². The van der Waals surface area contributed by atoms with E-state index in [1.165, 1.54) is 25.7 Å². The number of nitrogens with zero attached hydrogens (tertiary/aromatic N) is 3. The highest BCUT2D eigenvalue weighted by Gasteiger charge is 2.15. The normalized spacial score (nSPS) is 16.1. The van der Waals surface area contributed by atoms with Crippen LogP contribution < -0.4 is 10.6 Å². The van der Waals surface area contributed by atoms with E-state index in [0.29, 0.717) is 12.6 Å². The molecular weight excluding hydrogens is 397 g/mol. The molecule has 2 N–H and O–H groups in total. The molecule has 21 heavy (non-hydrogen) atoms. The summed E-state index contributed by atoms with van der Waals surface area (Å²) < 4.78 is 2.05. The van der Waals surface area contributed by atoms with Crippen LogP contribution in [0.5, 0.6) is 0 Å². The van der Waals surface area contributed by atoms with Crippen molar-refractivity contribution in [2.75, 3.05) is 6.54 Å². The van der Waals surface area contributed by atoms with Crippen molar-refractivity contribution in [3.8, 4) is 0 Å². The van der Waals surface area contributed by atoms with Crippen LogP contribution in [0.4, 0.5) is 0 Å². The number of halogens is 1. The van der Waals surface area contributed by atoms with Crippen LogP contribution in [0.3, 0.4) is 0 Å². The molecule has 1 aliphatic rings. The van der Waals surface area contributed by atoms with Gasteiger partial charge in [0, 0.05) is 30.4 Å². The molecule has 1 aliphatic carbocycles. The summed E-state index contributed by atoms with van der Waals surface area (Å²) in [5.74, 6) is 0.913. The molecule has 2 aromatic heterocycles.